The molecule has 0 saturated carbocycles. The van der Waals surface area contributed by atoms with E-state index in [0.29, 0.717) is 19.7 Å². The fourth-order valence-corrected chi connectivity index (χ4v) is 2.17. The van der Waals surface area contributed by atoms with E-state index < -0.39 is 17.5 Å². The van der Waals surface area contributed by atoms with Gasteiger partial charge in [-0.3, -0.25) is 4.79 Å². The number of amides is 1. The summed E-state index contributed by atoms with van der Waals surface area (Å²) >= 11 is 5.46. The maximum Gasteiger partial charge on any atom is 0.256 e. The number of rotatable bonds is 3. The van der Waals surface area contributed by atoms with Crippen molar-refractivity contribution in [2.75, 3.05) is 33.3 Å². The number of ether oxygens (including phenoxy) is 1. The van der Waals surface area contributed by atoms with E-state index in [0.717, 1.165) is 18.7 Å². The van der Waals surface area contributed by atoms with Crippen LogP contribution in [0.3, 0.4) is 0 Å². The molecular weight excluding hydrogens is 290 g/mol. The summed E-state index contributed by atoms with van der Waals surface area (Å²) in [6, 6.07) is 1.62. The van der Waals surface area contributed by atoms with Crippen LogP contribution in [-0.4, -0.2) is 50.2 Å². The van der Waals surface area contributed by atoms with Crippen LogP contribution >= 0.6 is 11.6 Å². The predicted molar refractivity (Wildman–Crippen MR) is 70.9 cm³/mol. The van der Waals surface area contributed by atoms with Crippen molar-refractivity contribution in [3.63, 3.8) is 0 Å². The summed E-state index contributed by atoms with van der Waals surface area (Å²) in [4.78, 5) is 13.4. The maximum absolute atomic E-state index is 13.7. The van der Waals surface area contributed by atoms with Gasteiger partial charge < -0.3 is 15.0 Å². The SMILES string of the molecule is CN(CC1CNCCO1)C(=O)c1cc(F)c(Cl)cc1F. The molecule has 1 fully saturated rings. The van der Waals surface area contributed by atoms with E-state index in [1.807, 2.05) is 0 Å². The number of hydrogen-bond acceptors (Lipinski definition) is 3. The van der Waals surface area contributed by atoms with Gasteiger partial charge in [0.15, 0.2) is 0 Å². The van der Waals surface area contributed by atoms with Crippen molar-refractivity contribution in [1.29, 1.82) is 0 Å². The Morgan fingerprint density at radius 3 is 2.90 bits per heavy atom. The fraction of sp³-hybridized carbons (Fsp3) is 0.462. The number of morpholine rings is 1. The highest BCUT2D eigenvalue weighted by molar-refractivity contribution is 6.30. The smallest absolute Gasteiger partial charge is 0.256 e. The molecule has 0 radical (unpaired) electrons. The summed E-state index contributed by atoms with van der Waals surface area (Å²) in [5.41, 5.74) is -0.335. The minimum Gasteiger partial charge on any atom is -0.374 e. The standard InChI is InChI=1S/C13H15ClF2N2O2/c1-18(7-8-6-17-2-3-20-8)13(19)9-4-12(16)10(14)5-11(9)15/h4-5,8,17H,2-3,6-7H2,1H3. The van der Waals surface area contributed by atoms with Crippen molar-refractivity contribution in [2.24, 2.45) is 0 Å². The highest BCUT2D eigenvalue weighted by Gasteiger charge is 2.22. The first kappa shape index (κ1) is 15.2. The number of benzene rings is 1. The largest absolute Gasteiger partial charge is 0.374 e. The molecule has 20 heavy (non-hydrogen) atoms. The molecule has 1 aliphatic heterocycles. The lowest BCUT2D eigenvalue weighted by Gasteiger charge is -2.28. The Bertz CT molecular complexity index is 507. The quantitative estimate of drug-likeness (QED) is 0.864. The molecule has 1 heterocycles. The molecule has 0 aliphatic carbocycles. The van der Waals surface area contributed by atoms with Gasteiger partial charge in [-0.2, -0.15) is 0 Å². The summed E-state index contributed by atoms with van der Waals surface area (Å²) in [5.74, 6) is -2.26. The minimum atomic E-state index is -0.837. The molecule has 1 saturated heterocycles. The molecule has 0 spiro atoms. The molecule has 4 nitrogen and oxygen atoms in total. The van der Waals surface area contributed by atoms with E-state index >= 15 is 0 Å². The van der Waals surface area contributed by atoms with E-state index in [4.69, 9.17) is 16.3 Å². The Morgan fingerprint density at radius 2 is 2.25 bits per heavy atom. The van der Waals surface area contributed by atoms with E-state index in [9.17, 15) is 13.6 Å². The molecule has 1 atom stereocenters. The molecule has 1 aromatic rings. The number of carbonyl (C=O) groups is 1. The van der Waals surface area contributed by atoms with Gasteiger partial charge in [0.05, 0.1) is 23.3 Å². The number of nitrogens with one attached hydrogen (secondary N) is 1. The highest BCUT2D eigenvalue weighted by Crippen LogP contribution is 2.20. The van der Waals surface area contributed by atoms with Crippen LogP contribution < -0.4 is 5.32 Å². The summed E-state index contributed by atoms with van der Waals surface area (Å²) in [6.45, 7) is 2.26. The lowest BCUT2D eigenvalue weighted by molar-refractivity contribution is 0.0103. The summed E-state index contributed by atoms with van der Waals surface area (Å²) < 4.78 is 32.5. The van der Waals surface area contributed by atoms with Crippen LogP contribution in [0.25, 0.3) is 0 Å². The van der Waals surface area contributed by atoms with Gasteiger partial charge in [0.1, 0.15) is 11.6 Å². The van der Waals surface area contributed by atoms with Gasteiger partial charge in [-0.25, -0.2) is 8.78 Å². The van der Waals surface area contributed by atoms with E-state index in [-0.39, 0.29) is 16.7 Å². The Labute approximate surface area is 120 Å². The number of hydrogen-bond donors (Lipinski definition) is 1. The second-order valence-electron chi connectivity index (χ2n) is 4.63. The first-order valence-corrected chi connectivity index (χ1v) is 6.59. The molecule has 1 amide bonds. The van der Waals surface area contributed by atoms with E-state index in [1.165, 1.54) is 11.9 Å². The van der Waals surface area contributed by atoms with Gasteiger partial charge in [0.25, 0.3) is 5.91 Å². The van der Waals surface area contributed by atoms with Crippen molar-refractivity contribution in [1.82, 2.24) is 10.2 Å². The molecular formula is C13H15ClF2N2O2. The number of halogens is 3. The third-order valence-electron chi connectivity index (χ3n) is 3.07. The molecule has 0 bridgehead atoms. The fourth-order valence-electron chi connectivity index (χ4n) is 2.02. The van der Waals surface area contributed by atoms with Gasteiger partial charge in [-0.15, -0.1) is 0 Å². The van der Waals surface area contributed by atoms with Gasteiger partial charge in [-0.1, -0.05) is 11.6 Å². The van der Waals surface area contributed by atoms with Crippen LogP contribution in [-0.2, 0) is 4.74 Å². The Hall–Kier alpha value is -1.24. The average Bonchev–Trinajstić information content (AvgIpc) is 2.43. The van der Waals surface area contributed by atoms with Crippen LogP contribution in [0.4, 0.5) is 8.78 Å². The molecule has 1 aromatic carbocycles. The summed E-state index contributed by atoms with van der Waals surface area (Å²) in [6.07, 6.45) is -0.155. The van der Waals surface area contributed by atoms with Gasteiger partial charge in [-0.05, 0) is 12.1 Å². The molecule has 1 N–H and O–H groups in total. The van der Waals surface area contributed by atoms with Crippen molar-refractivity contribution in [2.45, 2.75) is 6.10 Å². The third-order valence-corrected chi connectivity index (χ3v) is 3.36. The Morgan fingerprint density at radius 1 is 1.50 bits per heavy atom. The van der Waals surface area contributed by atoms with Crippen LogP contribution in [0.2, 0.25) is 5.02 Å². The van der Waals surface area contributed by atoms with Gasteiger partial charge >= 0.3 is 0 Å². The third kappa shape index (κ3) is 3.45. The van der Waals surface area contributed by atoms with Crippen molar-refractivity contribution < 1.29 is 18.3 Å². The summed E-state index contributed by atoms with van der Waals surface area (Å²) in [5, 5.41) is 2.79. The molecule has 0 aromatic heterocycles. The second-order valence-corrected chi connectivity index (χ2v) is 5.04. The van der Waals surface area contributed by atoms with Crippen molar-refractivity contribution in [3.05, 3.63) is 34.4 Å². The molecule has 110 valence electrons. The molecule has 1 unspecified atom stereocenters. The topological polar surface area (TPSA) is 41.6 Å². The van der Waals surface area contributed by atoms with Crippen molar-refractivity contribution >= 4 is 17.5 Å². The van der Waals surface area contributed by atoms with Crippen LogP contribution in [0, 0.1) is 11.6 Å². The predicted octanol–water partition coefficient (Wildman–Crippen LogP) is 1.68. The Balaban J connectivity index is 2.08. The minimum absolute atomic E-state index is 0.155. The lowest BCUT2D eigenvalue weighted by Crippen LogP contribution is -2.45. The Kier molecular flexibility index (Phi) is 4.91. The molecule has 7 heteroatoms. The zero-order chi connectivity index (χ0) is 14.7. The van der Waals surface area contributed by atoms with E-state index in [2.05, 4.69) is 5.32 Å². The normalized spacial score (nSPS) is 18.9. The van der Waals surface area contributed by atoms with Gasteiger partial charge in [0, 0.05) is 26.7 Å². The second kappa shape index (κ2) is 6.47. The van der Waals surface area contributed by atoms with Crippen LogP contribution in [0.1, 0.15) is 10.4 Å². The zero-order valence-corrected chi connectivity index (χ0v) is 11.7. The first-order chi connectivity index (χ1) is 9.49. The number of carbonyl (C=O) groups excluding carboxylic acids is 1. The maximum atomic E-state index is 13.7. The molecule has 2 rings (SSSR count). The number of nitrogens with zero attached hydrogens (tertiary/aromatic N) is 1. The van der Waals surface area contributed by atoms with Crippen LogP contribution in [0.5, 0.6) is 0 Å². The molecule has 1 aliphatic rings. The number of likely N-dealkylation sites (N-methyl/N-ethyl adjacent to an activating group) is 1. The zero-order valence-electron chi connectivity index (χ0n) is 11.0. The first-order valence-electron chi connectivity index (χ1n) is 6.21. The van der Waals surface area contributed by atoms with Crippen molar-refractivity contribution in [3.8, 4) is 0 Å². The highest BCUT2D eigenvalue weighted by atomic mass is 35.5. The lowest BCUT2D eigenvalue weighted by atomic mass is 10.1. The van der Waals surface area contributed by atoms with Crippen LogP contribution in [0.15, 0.2) is 12.1 Å². The van der Waals surface area contributed by atoms with Gasteiger partial charge in [0.2, 0.25) is 0 Å². The average molecular weight is 305 g/mol. The monoisotopic (exact) mass is 304 g/mol. The van der Waals surface area contributed by atoms with E-state index in [1.54, 1.807) is 0 Å². The summed E-state index contributed by atoms with van der Waals surface area (Å²) in [7, 11) is 1.52.